The molecule has 0 saturated heterocycles. The van der Waals surface area contributed by atoms with Crippen molar-refractivity contribution in [3.8, 4) is 0 Å². The zero-order chi connectivity index (χ0) is 12.3. The van der Waals surface area contributed by atoms with E-state index in [0.29, 0.717) is 16.0 Å². The number of aromatic nitrogens is 3. The van der Waals surface area contributed by atoms with Crippen molar-refractivity contribution >= 4 is 27.5 Å². The standard InChI is InChI=1S/C11H11BrN4O/c1-2-16-7-8(6-13-16)14-11(17)9-4-3-5-10(12)15-9/h3-7H,2H2,1H3,(H,14,17). The third-order valence-electron chi connectivity index (χ3n) is 2.16. The lowest BCUT2D eigenvalue weighted by atomic mass is 10.3. The van der Waals surface area contributed by atoms with Crippen LogP contribution in [-0.4, -0.2) is 20.7 Å². The van der Waals surface area contributed by atoms with Gasteiger partial charge in [-0.05, 0) is 35.0 Å². The Hall–Kier alpha value is -1.69. The van der Waals surface area contributed by atoms with Gasteiger partial charge in [-0.1, -0.05) is 6.07 Å². The van der Waals surface area contributed by atoms with Crippen molar-refractivity contribution in [2.24, 2.45) is 0 Å². The van der Waals surface area contributed by atoms with Crippen LogP contribution in [-0.2, 0) is 6.54 Å². The summed E-state index contributed by atoms with van der Waals surface area (Å²) in [7, 11) is 0. The van der Waals surface area contributed by atoms with E-state index in [1.165, 1.54) is 0 Å². The number of halogens is 1. The van der Waals surface area contributed by atoms with Crippen LogP contribution < -0.4 is 5.32 Å². The lowest BCUT2D eigenvalue weighted by Crippen LogP contribution is -2.13. The van der Waals surface area contributed by atoms with E-state index in [4.69, 9.17) is 0 Å². The van der Waals surface area contributed by atoms with Crippen LogP contribution in [0.5, 0.6) is 0 Å². The molecule has 0 aliphatic carbocycles. The number of hydrogen-bond acceptors (Lipinski definition) is 3. The predicted molar refractivity (Wildman–Crippen MR) is 67.8 cm³/mol. The van der Waals surface area contributed by atoms with E-state index in [9.17, 15) is 4.79 Å². The molecule has 6 heteroatoms. The second kappa shape index (κ2) is 5.09. The largest absolute Gasteiger partial charge is 0.318 e. The van der Waals surface area contributed by atoms with Crippen LogP contribution in [0.3, 0.4) is 0 Å². The van der Waals surface area contributed by atoms with E-state index >= 15 is 0 Å². The van der Waals surface area contributed by atoms with Gasteiger partial charge in [-0.3, -0.25) is 9.48 Å². The highest BCUT2D eigenvalue weighted by molar-refractivity contribution is 9.10. The number of nitrogens with zero attached hydrogens (tertiary/aromatic N) is 3. The molecule has 0 atom stereocenters. The molecule has 0 fully saturated rings. The topological polar surface area (TPSA) is 59.8 Å². The average Bonchev–Trinajstić information content (AvgIpc) is 2.77. The van der Waals surface area contributed by atoms with Crippen molar-refractivity contribution in [2.75, 3.05) is 5.32 Å². The zero-order valence-corrected chi connectivity index (χ0v) is 10.8. The highest BCUT2D eigenvalue weighted by Gasteiger charge is 2.08. The summed E-state index contributed by atoms with van der Waals surface area (Å²) in [5.41, 5.74) is 1.03. The van der Waals surface area contributed by atoms with Gasteiger partial charge in [-0.25, -0.2) is 4.98 Å². The maximum atomic E-state index is 11.8. The average molecular weight is 295 g/mol. The van der Waals surface area contributed by atoms with E-state index in [1.807, 2.05) is 6.92 Å². The van der Waals surface area contributed by atoms with Gasteiger partial charge in [0.05, 0.1) is 11.9 Å². The summed E-state index contributed by atoms with van der Waals surface area (Å²) in [4.78, 5) is 15.9. The molecule has 0 radical (unpaired) electrons. The van der Waals surface area contributed by atoms with Crippen molar-refractivity contribution in [1.29, 1.82) is 0 Å². The van der Waals surface area contributed by atoms with Gasteiger partial charge in [0, 0.05) is 12.7 Å². The molecule has 2 heterocycles. The molecule has 0 bridgehead atoms. The highest BCUT2D eigenvalue weighted by Crippen LogP contribution is 2.10. The number of pyridine rings is 1. The number of hydrogen-bond donors (Lipinski definition) is 1. The van der Waals surface area contributed by atoms with Crippen molar-refractivity contribution in [3.63, 3.8) is 0 Å². The molecule has 2 rings (SSSR count). The Morgan fingerprint density at radius 3 is 3.00 bits per heavy atom. The Morgan fingerprint density at radius 2 is 2.35 bits per heavy atom. The van der Waals surface area contributed by atoms with Crippen LogP contribution in [0, 0.1) is 0 Å². The van der Waals surface area contributed by atoms with Gasteiger partial charge in [0.1, 0.15) is 10.3 Å². The van der Waals surface area contributed by atoms with Crippen LogP contribution in [0.2, 0.25) is 0 Å². The summed E-state index contributed by atoms with van der Waals surface area (Å²) >= 11 is 3.22. The molecule has 1 N–H and O–H groups in total. The lowest BCUT2D eigenvalue weighted by Gasteiger charge is -2.01. The first-order chi connectivity index (χ1) is 8.19. The van der Waals surface area contributed by atoms with Crippen LogP contribution in [0.1, 0.15) is 17.4 Å². The Labute approximate surface area is 107 Å². The minimum absolute atomic E-state index is 0.248. The fraction of sp³-hybridized carbons (Fsp3) is 0.182. The first kappa shape index (κ1) is 11.8. The molecule has 0 spiro atoms. The Balaban J connectivity index is 2.11. The van der Waals surface area contributed by atoms with Gasteiger partial charge in [0.15, 0.2) is 0 Å². The molecule has 0 aromatic carbocycles. The Bertz CT molecular complexity index is 538. The predicted octanol–water partition coefficient (Wildman–Crippen LogP) is 2.31. The molecule has 0 unspecified atom stereocenters. The molecule has 2 aromatic heterocycles. The van der Waals surface area contributed by atoms with Gasteiger partial charge >= 0.3 is 0 Å². The number of aryl methyl sites for hydroxylation is 1. The Kier molecular flexibility index (Phi) is 3.53. The smallest absolute Gasteiger partial charge is 0.274 e. The van der Waals surface area contributed by atoms with E-state index in [-0.39, 0.29) is 5.91 Å². The SMILES string of the molecule is CCn1cc(NC(=O)c2cccc(Br)n2)cn1. The Morgan fingerprint density at radius 1 is 1.53 bits per heavy atom. The molecule has 2 aromatic rings. The number of rotatable bonds is 3. The van der Waals surface area contributed by atoms with Gasteiger partial charge in [-0.2, -0.15) is 5.10 Å². The first-order valence-corrected chi connectivity index (χ1v) is 5.94. The molecular weight excluding hydrogens is 284 g/mol. The van der Waals surface area contributed by atoms with Crippen LogP contribution in [0.25, 0.3) is 0 Å². The number of nitrogens with one attached hydrogen (secondary N) is 1. The molecular formula is C11H11BrN4O. The lowest BCUT2D eigenvalue weighted by molar-refractivity contribution is 0.102. The molecule has 88 valence electrons. The molecule has 0 saturated carbocycles. The summed E-state index contributed by atoms with van der Waals surface area (Å²) in [6.07, 6.45) is 3.38. The normalized spacial score (nSPS) is 10.2. The third kappa shape index (κ3) is 2.91. The summed E-state index contributed by atoms with van der Waals surface area (Å²) in [6, 6.07) is 5.19. The minimum Gasteiger partial charge on any atom is -0.318 e. The minimum atomic E-state index is -0.248. The monoisotopic (exact) mass is 294 g/mol. The van der Waals surface area contributed by atoms with Crippen molar-refractivity contribution in [3.05, 3.63) is 40.9 Å². The quantitative estimate of drug-likeness (QED) is 0.884. The second-order valence-corrected chi connectivity index (χ2v) is 4.20. The van der Waals surface area contributed by atoms with Crippen molar-refractivity contribution in [2.45, 2.75) is 13.5 Å². The number of carbonyl (C=O) groups is 1. The molecule has 5 nitrogen and oxygen atoms in total. The third-order valence-corrected chi connectivity index (χ3v) is 2.60. The van der Waals surface area contributed by atoms with Crippen LogP contribution >= 0.6 is 15.9 Å². The second-order valence-electron chi connectivity index (χ2n) is 3.38. The van der Waals surface area contributed by atoms with Gasteiger partial charge < -0.3 is 5.32 Å². The summed E-state index contributed by atoms with van der Waals surface area (Å²) < 4.78 is 2.37. The number of carbonyl (C=O) groups excluding carboxylic acids is 1. The van der Waals surface area contributed by atoms with E-state index in [2.05, 4.69) is 31.3 Å². The van der Waals surface area contributed by atoms with Crippen LogP contribution in [0.15, 0.2) is 35.2 Å². The summed E-state index contributed by atoms with van der Waals surface area (Å²) in [5, 5.41) is 6.81. The summed E-state index contributed by atoms with van der Waals surface area (Å²) in [5.74, 6) is -0.248. The van der Waals surface area contributed by atoms with E-state index < -0.39 is 0 Å². The van der Waals surface area contributed by atoms with Crippen molar-refractivity contribution < 1.29 is 4.79 Å². The maximum absolute atomic E-state index is 11.8. The van der Waals surface area contributed by atoms with E-state index in [1.54, 1.807) is 35.3 Å². The fourth-order valence-corrected chi connectivity index (χ4v) is 1.67. The molecule has 1 amide bonds. The highest BCUT2D eigenvalue weighted by atomic mass is 79.9. The number of anilines is 1. The molecule has 17 heavy (non-hydrogen) atoms. The van der Waals surface area contributed by atoms with Gasteiger partial charge in [0.25, 0.3) is 5.91 Å². The van der Waals surface area contributed by atoms with Crippen molar-refractivity contribution in [1.82, 2.24) is 14.8 Å². The fourth-order valence-electron chi connectivity index (χ4n) is 1.33. The van der Waals surface area contributed by atoms with E-state index in [0.717, 1.165) is 6.54 Å². The zero-order valence-electron chi connectivity index (χ0n) is 9.22. The summed E-state index contributed by atoms with van der Waals surface area (Å²) in [6.45, 7) is 2.75. The molecule has 0 aliphatic rings. The van der Waals surface area contributed by atoms with Gasteiger partial charge in [-0.15, -0.1) is 0 Å². The maximum Gasteiger partial charge on any atom is 0.274 e. The van der Waals surface area contributed by atoms with Gasteiger partial charge in [0.2, 0.25) is 0 Å². The number of amides is 1. The van der Waals surface area contributed by atoms with Crippen LogP contribution in [0.4, 0.5) is 5.69 Å². The first-order valence-electron chi connectivity index (χ1n) is 5.15. The molecule has 0 aliphatic heterocycles.